The molecule has 219 valence electrons. The molecule has 0 bridgehead atoms. The van der Waals surface area contributed by atoms with Crippen molar-refractivity contribution in [3.63, 3.8) is 0 Å². The van der Waals surface area contributed by atoms with Crippen LogP contribution in [0, 0.1) is 5.41 Å². The third-order valence-electron chi connectivity index (χ3n) is 6.86. The number of hydrogen-bond donors (Lipinski definition) is 2. The number of ketones is 1. The van der Waals surface area contributed by atoms with Gasteiger partial charge in [-0.15, -0.1) is 0 Å². The number of carbonyl (C=O) groups is 1. The zero-order valence-electron chi connectivity index (χ0n) is 26.9. The van der Waals surface area contributed by atoms with E-state index in [2.05, 4.69) is 83.1 Å². The Kier molecular flexibility index (Phi) is 9.15. The van der Waals surface area contributed by atoms with E-state index in [1.165, 1.54) is 0 Å². The predicted molar refractivity (Wildman–Crippen MR) is 170 cm³/mol. The molecular formula is C36H47NO3W+. The zero-order valence-corrected chi connectivity index (χ0v) is 29.8. The van der Waals surface area contributed by atoms with Crippen molar-refractivity contribution in [1.29, 1.82) is 0 Å². The van der Waals surface area contributed by atoms with Crippen LogP contribution >= 0.6 is 0 Å². The van der Waals surface area contributed by atoms with Crippen LogP contribution in [0.15, 0.2) is 54.6 Å². The summed E-state index contributed by atoms with van der Waals surface area (Å²) in [7, 11) is 0. The van der Waals surface area contributed by atoms with Gasteiger partial charge in [-0.3, -0.25) is 0 Å². The third-order valence-corrected chi connectivity index (χ3v) is 12.7. The van der Waals surface area contributed by atoms with Gasteiger partial charge in [-0.2, -0.15) is 0 Å². The van der Waals surface area contributed by atoms with Gasteiger partial charge in [0.1, 0.15) is 0 Å². The molecule has 0 atom stereocenters. The van der Waals surface area contributed by atoms with Crippen molar-refractivity contribution in [1.82, 2.24) is 0 Å². The van der Waals surface area contributed by atoms with Crippen molar-refractivity contribution >= 4 is 9.68 Å². The van der Waals surface area contributed by atoms with Gasteiger partial charge in [0.05, 0.1) is 0 Å². The topological polar surface area (TPSA) is 61.9 Å². The second kappa shape index (κ2) is 11.5. The van der Waals surface area contributed by atoms with Crippen LogP contribution in [0.3, 0.4) is 0 Å². The van der Waals surface area contributed by atoms with Crippen LogP contribution in [0.1, 0.15) is 105 Å². The van der Waals surface area contributed by atoms with Crippen molar-refractivity contribution in [2.45, 2.75) is 99.5 Å². The summed E-state index contributed by atoms with van der Waals surface area (Å²) in [5, 5.41) is 23.2. The van der Waals surface area contributed by atoms with Gasteiger partial charge in [0.2, 0.25) is 0 Å². The quantitative estimate of drug-likeness (QED) is 0.264. The van der Waals surface area contributed by atoms with E-state index in [4.69, 9.17) is 3.31 Å². The molecule has 0 fully saturated rings. The van der Waals surface area contributed by atoms with Gasteiger partial charge in [0.15, 0.2) is 0 Å². The summed E-state index contributed by atoms with van der Waals surface area (Å²) in [6.07, 6.45) is 0. The number of hydrogen-bond acceptors (Lipinski definition) is 3. The van der Waals surface area contributed by atoms with E-state index in [-0.39, 0.29) is 39.1 Å². The van der Waals surface area contributed by atoms with Crippen LogP contribution in [-0.2, 0) is 28.6 Å². The summed E-state index contributed by atoms with van der Waals surface area (Å²) < 4.78 is 5.86. The Balaban J connectivity index is 2.55. The third kappa shape index (κ3) is 7.35. The monoisotopic (exact) mass is 725 g/mol. The number of rotatable bonds is 4. The normalized spacial score (nSPS) is 12.5. The van der Waals surface area contributed by atoms with Crippen molar-refractivity contribution in [2.24, 2.45) is 5.41 Å². The maximum atomic E-state index is 14.9. The van der Waals surface area contributed by atoms with Crippen LogP contribution in [0.25, 0.3) is 25.6 Å². The Morgan fingerprint density at radius 1 is 0.610 bits per heavy atom. The van der Waals surface area contributed by atoms with E-state index in [0.29, 0.717) is 27.8 Å². The molecule has 0 aliphatic carbocycles. The molecule has 0 radical (unpaired) electrons. The van der Waals surface area contributed by atoms with Crippen molar-refractivity contribution in [2.75, 3.05) is 0 Å². The summed E-state index contributed by atoms with van der Waals surface area (Å²) in [5.74, 6) is 0.299. The van der Waals surface area contributed by atoms with Crippen molar-refractivity contribution in [3.8, 4) is 33.8 Å². The van der Waals surface area contributed by atoms with Gasteiger partial charge in [-0.25, -0.2) is 0 Å². The molecule has 0 aromatic heterocycles. The molecule has 0 heterocycles. The molecule has 0 saturated carbocycles. The molecule has 0 unspecified atom stereocenters. The van der Waals surface area contributed by atoms with Crippen LogP contribution in [0.4, 0.5) is 0 Å². The summed E-state index contributed by atoms with van der Waals surface area (Å²) in [6, 6.07) is 17.2. The number of phenols is 2. The number of aromatic hydroxyl groups is 2. The second-order valence-corrected chi connectivity index (χ2v) is 17.7. The Morgan fingerprint density at radius 2 is 0.976 bits per heavy atom. The average Bonchev–Trinajstić information content (AvgIpc) is 2.81. The molecule has 4 nitrogen and oxygen atoms in total. The van der Waals surface area contributed by atoms with E-state index in [1.807, 2.05) is 54.6 Å². The van der Waals surface area contributed by atoms with Gasteiger partial charge in [0, 0.05) is 0 Å². The molecule has 0 amide bonds. The minimum absolute atomic E-state index is 0.0535. The van der Waals surface area contributed by atoms with Crippen LogP contribution in [-0.4, -0.2) is 25.4 Å². The van der Waals surface area contributed by atoms with Gasteiger partial charge >= 0.3 is 256 Å². The number of para-hydroxylation sites is 2. The maximum absolute atomic E-state index is 14.9. The molecule has 2 N–H and O–H groups in total. The van der Waals surface area contributed by atoms with Gasteiger partial charge in [0.25, 0.3) is 0 Å². The number of benzene rings is 3. The van der Waals surface area contributed by atoms with Gasteiger partial charge in [-0.05, 0) is 0 Å². The summed E-state index contributed by atoms with van der Waals surface area (Å²) in [6.45, 7) is 24.9. The van der Waals surface area contributed by atoms with E-state index < -0.39 is 17.7 Å². The van der Waals surface area contributed by atoms with E-state index in [0.717, 1.165) is 15.0 Å². The van der Waals surface area contributed by atoms with E-state index in [1.54, 1.807) is 0 Å². The molecule has 0 spiro atoms. The first-order valence-corrected chi connectivity index (χ1v) is 17.0. The van der Waals surface area contributed by atoms with Crippen LogP contribution in [0.5, 0.6) is 11.5 Å². The zero-order chi connectivity index (χ0) is 31.1. The molecule has 5 heteroatoms. The van der Waals surface area contributed by atoms with E-state index >= 15 is 0 Å². The SMILES string of the molecule is CC(C)(C)[N+]#[W]=[C](C(=O)c1c(-c2cccc(C(C)(C)C)c2O)cccc1-c1cccc(C(C)(C)C)c1O)C(C)(C)C. The second-order valence-electron chi connectivity index (χ2n) is 14.9. The first-order chi connectivity index (χ1) is 18.6. The standard InChI is InChI=1S/C32H38O3.C4H9N.W/c1-30(2,3)19-26(33)27-20(22-15-11-17-24(28(22)34)31(4,5)6)13-10-14-21(27)23-16-12-18-25(29(23)35)32(7,8)9;1-4(2,3)5;/h10-18,34-35H,1-9H3;1-3H3;/q;+1;. The Hall–Kier alpha value is -2.80. The average molecular weight is 726 g/mol. The molecule has 3 aromatic rings. The van der Waals surface area contributed by atoms with Gasteiger partial charge < -0.3 is 0 Å². The molecular weight excluding hydrogens is 678 g/mol. The number of phenolic OH excluding ortho intramolecular Hbond substituents is 2. The Bertz CT molecular complexity index is 1520. The predicted octanol–water partition coefficient (Wildman–Crippen LogP) is 9.60. The molecule has 41 heavy (non-hydrogen) atoms. The summed E-state index contributed by atoms with van der Waals surface area (Å²) >= 11 is -1.59. The fourth-order valence-electron chi connectivity index (χ4n) is 4.79. The molecule has 3 rings (SSSR count). The van der Waals surface area contributed by atoms with E-state index in [9.17, 15) is 15.0 Å². The fourth-order valence-corrected chi connectivity index (χ4v) is 7.75. The molecule has 3 aromatic carbocycles. The number of Topliss-reactive ketones (excluding diaryl/α,β-unsaturated/α-hetero) is 1. The fraction of sp³-hybridized carbons (Fsp3) is 0.444. The Labute approximate surface area is 254 Å². The Morgan fingerprint density at radius 3 is 1.32 bits per heavy atom. The van der Waals surface area contributed by atoms with Crippen molar-refractivity contribution < 1.29 is 32.7 Å². The molecule has 0 aliphatic heterocycles. The first kappa shape index (κ1) is 32.7. The number of carbonyl (C=O) groups excluding carboxylic acids is 1. The summed E-state index contributed by atoms with van der Waals surface area (Å²) in [5.41, 5.74) is 3.48. The number of nitrogens with zero attached hydrogens (tertiary/aromatic N) is 1. The minimum atomic E-state index is -1.59. The first-order valence-electron chi connectivity index (χ1n) is 14.2. The van der Waals surface area contributed by atoms with Crippen LogP contribution < -0.4 is 0 Å². The summed E-state index contributed by atoms with van der Waals surface area (Å²) in [4.78, 5) is 14.9. The van der Waals surface area contributed by atoms with Gasteiger partial charge in [-0.1, -0.05) is 0 Å². The molecule has 0 aliphatic rings. The van der Waals surface area contributed by atoms with Crippen molar-refractivity contribution in [3.05, 3.63) is 74.6 Å². The van der Waals surface area contributed by atoms with Crippen LogP contribution in [0.2, 0.25) is 0 Å². The molecule has 0 saturated heterocycles.